The predicted octanol–water partition coefficient (Wildman–Crippen LogP) is 2.31. The number of nitrogens with one attached hydrogen (secondary N) is 2. The first kappa shape index (κ1) is 28.7. The van der Waals surface area contributed by atoms with Gasteiger partial charge in [-0.05, 0) is 62.0 Å². The number of aryl methyl sites for hydroxylation is 1. The molecule has 3 rings (SSSR count). The highest BCUT2D eigenvalue weighted by molar-refractivity contribution is 7.11. The highest BCUT2D eigenvalue weighted by atomic mass is 32.1. The number of unbranched alkanes of at least 4 members (excludes halogenated alkanes) is 1. The smallest absolute Gasteiger partial charge is 0.319 e. The van der Waals surface area contributed by atoms with Gasteiger partial charge in [0.1, 0.15) is 28.8 Å². The predicted molar refractivity (Wildman–Crippen MR) is 137 cm³/mol. The zero-order valence-electron chi connectivity index (χ0n) is 20.9. The average Bonchev–Trinajstić information content (AvgIpc) is 3.27. The number of amides is 3. The lowest BCUT2D eigenvalue weighted by molar-refractivity contribution is 0.0996. The molecule has 2 aromatic rings. The van der Waals surface area contributed by atoms with Crippen LogP contribution in [-0.2, 0) is 6.61 Å². The number of aromatic nitrogens is 1. The lowest BCUT2D eigenvalue weighted by atomic mass is 10.1. The van der Waals surface area contributed by atoms with E-state index < -0.39 is 23.6 Å². The third-order valence-corrected chi connectivity index (χ3v) is 6.86. The number of anilines is 1. The van der Waals surface area contributed by atoms with E-state index in [1.54, 1.807) is 0 Å². The van der Waals surface area contributed by atoms with E-state index in [1.165, 1.54) is 6.92 Å². The maximum atomic E-state index is 14.1. The number of ether oxygens (including phenoxy) is 1. The van der Waals surface area contributed by atoms with Crippen LogP contribution in [0, 0.1) is 18.6 Å². The number of aliphatic hydroxyl groups is 1. The van der Waals surface area contributed by atoms with E-state index >= 15 is 0 Å². The van der Waals surface area contributed by atoms with Gasteiger partial charge >= 0.3 is 6.03 Å². The van der Waals surface area contributed by atoms with Crippen LogP contribution in [-0.4, -0.2) is 83.6 Å². The molecule has 204 valence electrons. The van der Waals surface area contributed by atoms with E-state index in [9.17, 15) is 18.4 Å². The van der Waals surface area contributed by atoms with E-state index in [1.807, 2.05) is 0 Å². The molecule has 0 radical (unpaired) electrons. The topological polar surface area (TPSA) is 133 Å². The Hall–Kier alpha value is -2.87. The van der Waals surface area contributed by atoms with E-state index in [4.69, 9.17) is 15.6 Å². The molecule has 1 aliphatic rings. The summed E-state index contributed by atoms with van der Waals surface area (Å²) in [7, 11) is 0. The molecule has 0 spiro atoms. The Morgan fingerprint density at radius 2 is 1.78 bits per heavy atom. The summed E-state index contributed by atoms with van der Waals surface area (Å²) in [6.07, 6.45) is 2.52. The quantitative estimate of drug-likeness (QED) is 0.287. The molecular weight excluding hydrogens is 506 g/mol. The molecule has 0 saturated carbocycles. The highest BCUT2D eigenvalue weighted by Gasteiger charge is 2.22. The van der Waals surface area contributed by atoms with Gasteiger partial charge in [-0.3, -0.25) is 10.1 Å². The number of aliphatic hydroxyl groups excluding tert-OH is 1. The Morgan fingerprint density at radius 1 is 1.11 bits per heavy atom. The zero-order valence-corrected chi connectivity index (χ0v) is 21.7. The normalized spacial score (nSPS) is 14.5. The first-order valence-corrected chi connectivity index (χ1v) is 13.0. The van der Waals surface area contributed by atoms with Crippen molar-refractivity contribution in [2.45, 2.75) is 32.8 Å². The van der Waals surface area contributed by atoms with E-state index in [2.05, 4.69) is 24.8 Å². The number of piperazine rings is 1. The van der Waals surface area contributed by atoms with E-state index in [-0.39, 0.29) is 40.8 Å². The van der Waals surface area contributed by atoms with Crippen LogP contribution < -0.4 is 21.1 Å². The molecule has 37 heavy (non-hydrogen) atoms. The van der Waals surface area contributed by atoms with Gasteiger partial charge in [-0.2, -0.15) is 4.37 Å². The summed E-state index contributed by atoms with van der Waals surface area (Å²) in [5, 5.41) is 14.3. The molecule has 0 atom stereocenters. The van der Waals surface area contributed by atoms with Crippen LogP contribution in [0.4, 0.5) is 18.6 Å². The van der Waals surface area contributed by atoms with Crippen molar-refractivity contribution in [3.8, 4) is 5.88 Å². The van der Waals surface area contributed by atoms with Crippen molar-refractivity contribution < 1.29 is 28.2 Å². The van der Waals surface area contributed by atoms with E-state index in [0.29, 0.717) is 6.54 Å². The van der Waals surface area contributed by atoms with E-state index in [0.717, 1.165) is 82.2 Å². The fourth-order valence-electron chi connectivity index (χ4n) is 3.96. The monoisotopic (exact) mass is 540 g/mol. The van der Waals surface area contributed by atoms with Crippen molar-refractivity contribution >= 4 is 28.5 Å². The van der Waals surface area contributed by atoms with Gasteiger partial charge in [0.05, 0.1) is 0 Å². The summed E-state index contributed by atoms with van der Waals surface area (Å²) in [6, 6.07) is 1.57. The van der Waals surface area contributed by atoms with Crippen molar-refractivity contribution in [3.63, 3.8) is 0 Å². The molecule has 0 aliphatic carbocycles. The minimum atomic E-state index is -0.869. The van der Waals surface area contributed by atoms with Crippen LogP contribution >= 0.6 is 11.5 Å². The lowest BCUT2D eigenvalue weighted by Gasteiger charge is -2.34. The van der Waals surface area contributed by atoms with Gasteiger partial charge < -0.3 is 30.7 Å². The summed E-state index contributed by atoms with van der Waals surface area (Å²) >= 11 is 0.805. The number of carbonyl (C=O) groups is 2. The first-order chi connectivity index (χ1) is 17.8. The molecule has 1 aromatic heterocycles. The minimum absolute atomic E-state index is 0.0395. The Morgan fingerprint density at radius 3 is 2.43 bits per heavy atom. The third kappa shape index (κ3) is 8.59. The Bertz CT molecular complexity index is 1060. The van der Waals surface area contributed by atoms with Crippen LogP contribution in [0.15, 0.2) is 12.1 Å². The molecule has 3 amide bonds. The van der Waals surface area contributed by atoms with Gasteiger partial charge in [-0.15, -0.1) is 0 Å². The number of nitrogens with zero attached hydrogens (tertiary/aromatic N) is 3. The maximum absolute atomic E-state index is 14.1. The molecule has 13 heteroatoms. The average molecular weight is 541 g/mol. The minimum Gasteiger partial charge on any atom is -0.471 e. The van der Waals surface area contributed by atoms with Crippen LogP contribution in [0.25, 0.3) is 0 Å². The number of primary amides is 1. The molecule has 1 saturated heterocycles. The Balaban J connectivity index is 1.41. The SMILES string of the molecule is Cc1cc(F)c(COc2nsc(NC(=O)NCCCCN3CCN(CCCO)CC3)c2C(N)=O)cc1F. The Labute approximate surface area is 218 Å². The maximum Gasteiger partial charge on any atom is 0.319 e. The van der Waals surface area contributed by atoms with Crippen molar-refractivity contribution in [1.82, 2.24) is 19.5 Å². The van der Waals surface area contributed by atoms with Gasteiger partial charge in [-0.1, -0.05) is 0 Å². The Kier molecular flexibility index (Phi) is 11.0. The fraction of sp³-hybridized carbons (Fsp3) is 0.542. The number of halogens is 2. The number of benzene rings is 1. The number of nitrogens with two attached hydrogens (primary N) is 1. The van der Waals surface area contributed by atoms with Crippen LogP contribution in [0.5, 0.6) is 5.88 Å². The molecule has 1 aliphatic heterocycles. The van der Waals surface area contributed by atoms with Crippen LogP contribution in [0.2, 0.25) is 0 Å². The van der Waals surface area contributed by atoms with Gasteiger partial charge in [-0.25, -0.2) is 13.6 Å². The van der Waals surface area contributed by atoms with Crippen LogP contribution in [0.1, 0.15) is 40.7 Å². The number of rotatable bonds is 13. The molecule has 5 N–H and O–H groups in total. The van der Waals surface area contributed by atoms with Crippen molar-refractivity contribution in [1.29, 1.82) is 0 Å². The summed E-state index contributed by atoms with van der Waals surface area (Å²) in [5.74, 6) is -2.26. The molecule has 0 unspecified atom stereocenters. The van der Waals surface area contributed by atoms with Crippen molar-refractivity contribution in [3.05, 3.63) is 40.5 Å². The summed E-state index contributed by atoms with van der Waals surface area (Å²) in [4.78, 5) is 29.0. The zero-order chi connectivity index (χ0) is 26.8. The third-order valence-electron chi connectivity index (χ3n) is 6.11. The lowest BCUT2D eigenvalue weighted by Crippen LogP contribution is -2.46. The second-order valence-corrected chi connectivity index (χ2v) is 9.66. The summed E-state index contributed by atoms with van der Waals surface area (Å²) in [5.41, 5.74) is 5.44. The largest absolute Gasteiger partial charge is 0.471 e. The van der Waals surface area contributed by atoms with Gasteiger partial charge in [0.15, 0.2) is 0 Å². The molecule has 2 heterocycles. The summed E-state index contributed by atoms with van der Waals surface area (Å²) in [6.45, 7) is 7.63. The van der Waals surface area contributed by atoms with Crippen molar-refractivity contribution in [2.24, 2.45) is 5.73 Å². The number of urea groups is 1. The molecular formula is C24H34F2N6O4S. The van der Waals surface area contributed by atoms with Gasteiger partial charge in [0.25, 0.3) is 5.91 Å². The van der Waals surface area contributed by atoms with Crippen molar-refractivity contribution in [2.75, 3.05) is 57.7 Å². The van der Waals surface area contributed by atoms with Crippen LogP contribution in [0.3, 0.4) is 0 Å². The molecule has 1 fully saturated rings. The first-order valence-electron chi connectivity index (χ1n) is 12.3. The number of carbonyl (C=O) groups excluding carboxylic acids is 2. The molecule has 10 nitrogen and oxygen atoms in total. The van der Waals surface area contributed by atoms with Gasteiger partial charge in [0, 0.05) is 51.4 Å². The molecule has 0 bridgehead atoms. The number of hydrogen-bond acceptors (Lipinski definition) is 8. The fourth-order valence-corrected chi connectivity index (χ4v) is 4.70. The standard InChI is InChI=1S/C24H34F2N6O4S/c1-16-13-19(26)17(14-18(16)25)15-36-22-20(21(27)34)23(37-30-22)29-24(35)28-5-2-3-6-31-8-10-32(11-9-31)7-4-12-33/h13-14,33H,2-12,15H2,1H3,(H2,27,34)(H2,28,29,35). The van der Waals surface area contributed by atoms with Gasteiger partial charge in [0.2, 0.25) is 5.88 Å². The highest BCUT2D eigenvalue weighted by Crippen LogP contribution is 2.31. The second kappa shape index (κ2) is 14.2. The second-order valence-electron chi connectivity index (χ2n) is 8.89. The summed E-state index contributed by atoms with van der Waals surface area (Å²) < 4.78 is 37.2. The molecule has 1 aromatic carbocycles. The number of hydrogen-bond donors (Lipinski definition) is 4.